The highest BCUT2D eigenvalue weighted by molar-refractivity contribution is 5.93. The quantitative estimate of drug-likeness (QED) is 0.838. The van der Waals surface area contributed by atoms with Gasteiger partial charge in [-0.1, -0.05) is 0 Å². The number of likely N-dealkylation sites (tertiary alicyclic amines) is 1. The molecule has 0 spiro atoms. The lowest BCUT2D eigenvalue weighted by atomic mass is 10.1. The lowest BCUT2D eigenvalue weighted by Crippen LogP contribution is -2.46. The summed E-state index contributed by atoms with van der Waals surface area (Å²) in [6, 6.07) is 3.27. The van der Waals surface area contributed by atoms with Crippen molar-refractivity contribution in [3.63, 3.8) is 0 Å². The van der Waals surface area contributed by atoms with Crippen LogP contribution in [0.4, 0.5) is 4.39 Å². The van der Waals surface area contributed by atoms with Gasteiger partial charge in [-0.15, -0.1) is 0 Å². The number of hydrogen-bond acceptors (Lipinski definition) is 5. The van der Waals surface area contributed by atoms with Gasteiger partial charge in [0.05, 0.1) is 18.9 Å². The summed E-state index contributed by atoms with van der Waals surface area (Å²) in [5.74, 6) is -0.854. The molecule has 1 aliphatic rings. The third kappa shape index (κ3) is 3.42. The number of pyridine rings is 1. The number of piperidine rings is 1. The number of ether oxygens (including phenoxy) is 1. The molecule has 2 aromatic rings. The van der Waals surface area contributed by atoms with Gasteiger partial charge in [-0.25, -0.2) is 14.4 Å². The molecule has 0 N–H and O–H groups in total. The van der Waals surface area contributed by atoms with E-state index in [1.807, 2.05) is 0 Å². The molecule has 1 atom stereocenters. The highest BCUT2D eigenvalue weighted by Gasteiger charge is 2.27. The fraction of sp³-hybridized carbons (Fsp3) is 0.375. The van der Waals surface area contributed by atoms with Crippen molar-refractivity contribution in [2.45, 2.75) is 18.9 Å². The van der Waals surface area contributed by atoms with Crippen LogP contribution in [0.2, 0.25) is 0 Å². The number of aryl methyl sites for hydroxylation is 1. The van der Waals surface area contributed by atoms with Crippen LogP contribution in [0.25, 0.3) is 0 Å². The Morgan fingerprint density at radius 1 is 1.38 bits per heavy atom. The summed E-state index contributed by atoms with van der Waals surface area (Å²) in [7, 11) is 1.60. The Balaban J connectivity index is 1.71. The second kappa shape index (κ2) is 6.77. The summed E-state index contributed by atoms with van der Waals surface area (Å²) >= 11 is 0. The number of aromatic nitrogens is 3. The van der Waals surface area contributed by atoms with Crippen LogP contribution in [0.15, 0.2) is 35.5 Å². The van der Waals surface area contributed by atoms with Gasteiger partial charge >= 0.3 is 6.01 Å². The molecule has 0 aliphatic carbocycles. The molecule has 1 unspecified atom stereocenters. The van der Waals surface area contributed by atoms with Crippen LogP contribution in [-0.2, 0) is 7.05 Å². The van der Waals surface area contributed by atoms with Gasteiger partial charge in [0.2, 0.25) is 0 Å². The first-order valence-corrected chi connectivity index (χ1v) is 7.63. The summed E-state index contributed by atoms with van der Waals surface area (Å²) in [5, 5.41) is 0. The highest BCUT2D eigenvalue weighted by Crippen LogP contribution is 2.16. The summed E-state index contributed by atoms with van der Waals surface area (Å²) in [6.07, 6.45) is 4.85. The standard InChI is InChI=1S/C16H17FN4O3/c1-20-6-3-5-13(14(20)22)15(23)21-7-2-4-12(10-21)24-16-18-8-11(17)9-19-16/h3,5-6,8-9,12H,2,4,7,10H2,1H3. The number of hydrogen-bond donors (Lipinski definition) is 0. The van der Waals surface area contributed by atoms with Crippen LogP contribution in [0.5, 0.6) is 6.01 Å². The van der Waals surface area contributed by atoms with Crippen LogP contribution in [0, 0.1) is 5.82 Å². The first kappa shape index (κ1) is 16.1. The molecule has 2 aromatic heterocycles. The molecule has 0 bridgehead atoms. The summed E-state index contributed by atoms with van der Waals surface area (Å²) in [5.41, 5.74) is -0.189. The van der Waals surface area contributed by atoms with Gasteiger partial charge in [-0.2, -0.15) is 0 Å². The highest BCUT2D eigenvalue weighted by atomic mass is 19.1. The predicted octanol–water partition coefficient (Wildman–Crippen LogP) is 0.998. The second-order valence-corrected chi connectivity index (χ2v) is 5.66. The van der Waals surface area contributed by atoms with Crippen LogP contribution in [0.1, 0.15) is 23.2 Å². The molecule has 0 saturated carbocycles. The van der Waals surface area contributed by atoms with Crippen molar-refractivity contribution in [1.82, 2.24) is 19.4 Å². The molecule has 1 aliphatic heterocycles. The Morgan fingerprint density at radius 3 is 2.88 bits per heavy atom. The van der Waals surface area contributed by atoms with E-state index < -0.39 is 5.82 Å². The third-order valence-corrected chi connectivity index (χ3v) is 3.89. The van der Waals surface area contributed by atoms with Gasteiger partial charge in [0, 0.05) is 19.8 Å². The second-order valence-electron chi connectivity index (χ2n) is 5.66. The monoisotopic (exact) mass is 332 g/mol. The van der Waals surface area contributed by atoms with Crippen molar-refractivity contribution in [2.75, 3.05) is 13.1 Å². The summed E-state index contributed by atoms with van der Waals surface area (Å²) < 4.78 is 19.8. The Labute approximate surface area is 137 Å². The van der Waals surface area contributed by atoms with Crippen molar-refractivity contribution >= 4 is 5.91 Å². The van der Waals surface area contributed by atoms with E-state index in [4.69, 9.17) is 4.74 Å². The van der Waals surface area contributed by atoms with E-state index in [-0.39, 0.29) is 29.1 Å². The normalized spacial score (nSPS) is 17.6. The van der Waals surface area contributed by atoms with Gasteiger partial charge in [-0.05, 0) is 25.0 Å². The Hall–Kier alpha value is -2.77. The maximum absolute atomic E-state index is 12.8. The van der Waals surface area contributed by atoms with Gasteiger partial charge in [0.15, 0.2) is 5.82 Å². The number of rotatable bonds is 3. The minimum Gasteiger partial charge on any atom is -0.458 e. The number of carbonyl (C=O) groups is 1. The van der Waals surface area contributed by atoms with Gasteiger partial charge in [0.25, 0.3) is 11.5 Å². The fourth-order valence-electron chi connectivity index (χ4n) is 2.66. The summed E-state index contributed by atoms with van der Waals surface area (Å²) in [6.45, 7) is 0.888. The van der Waals surface area contributed by atoms with Gasteiger partial charge < -0.3 is 14.2 Å². The van der Waals surface area contributed by atoms with Crippen molar-refractivity contribution in [1.29, 1.82) is 0 Å². The molecule has 3 rings (SSSR count). The van der Waals surface area contributed by atoms with Crippen molar-refractivity contribution in [2.24, 2.45) is 7.05 Å². The Morgan fingerprint density at radius 2 is 2.12 bits per heavy atom. The Bertz CT molecular complexity index is 791. The van der Waals surface area contributed by atoms with Crippen LogP contribution in [0.3, 0.4) is 0 Å². The Kier molecular flexibility index (Phi) is 4.54. The van der Waals surface area contributed by atoms with E-state index in [0.29, 0.717) is 13.1 Å². The molecule has 1 amide bonds. The first-order chi connectivity index (χ1) is 11.5. The van der Waals surface area contributed by atoms with Gasteiger partial charge in [-0.3, -0.25) is 9.59 Å². The molecule has 8 heteroatoms. The fourth-order valence-corrected chi connectivity index (χ4v) is 2.66. The van der Waals surface area contributed by atoms with E-state index in [9.17, 15) is 14.0 Å². The molecule has 126 valence electrons. The number of halogens is 1. The third-order valence-electron chi connectivity index (χ3n) is 3.89. The maximum Gasteiger partial charge on any atom is 0.316 e. The lowest BCUT2D eigenvalue weighted by Gasteiger charge is -2.32. The van der Waals surface area contributed by atoms with E-state index in [1.165, 1.54) is 10.6 Å². The number of carbonyl (C=O) groups excluding carboxylic acids is 1. The summed E-state index contributed by atoms with van der Waals surface area (Å²) in [4.78, 5) is 33.8. The zero-order chi connectivity index (χ0) is 17.1. The van der Waals surface area contributed by atoms with Crippen LogP contribution in [-0.4, -0.2) is 44.5 Å². The van der Waals surface area contributed by atoms with E-state index >= 15 is 0 Å². The molecule has 0 radical (unpaired) electrons. The predicted molar refractivity (Wildman–Crippen MR) is 83.2 cm³/mol. The van der Waals surface area contributed by atoms with Crippen molar-refractivity contribution in [3.8, 4) is 6.01 Å². The number of amides is 1. The largest absolute Gasteiger partial charge is 0.458 e. The molecular formula is C16H17FN4O3. The molecule has 0 aromatic carbocycles. The SMILES string of the molecule is Cn1cccc(C(=O)N2CCCC(Oc3ncc(F)cn3)C2)c1=O. The molecule has 24 heavy (non-hydrogen) atoms. The number of nitrogens with zero attached hydrogens (tertiary/aromatic N) is 4. The average Bonchev–Trinajstić information content (AvgIpc) is 2.59. The first-order valence-electron chi connectivity index (χ1n) is 7.63. The van der Waals surface area contributed by atoms with Crippen molar-refractivity contribution < 1.29 is 13.9 Å². The average molecular weight is 332 g/mol. The molecule has 7 nitrogen and oxygen atoms in total. The minimum absolute atomic E-state index is 0.0753. The van der Waals surface area contributed by atoms with Crippen LogP contribution >= 0.6 is 0 Å². The topological polar surface area (TPSA) is 77.3 Å². The molecular weight excluding hydrogens is 315 g/mol. The smallest absolute Gasteiger partial charge is 0.316 e. The molecule has 1 fully saturated rings. The van der Waals surface area contributed by atoms with Gasteiger partial charge in [0.1, 0.15) is 11.7 Å². The zero-order valence-electron chi connectivity index (χ0n) is 13.2. The molecule has 1 saturated heterocycles. The van der Waals surface area contributed by atoms with Crippen molar-refractivity contribution in [3.05, 3.63) is 52.5 Å². The van der Waals surface area contributed by atoms with E-state index in [1.54, 1.807) is 24.2 Å². The zero-order valence-corrected chi connectivity index (χ0v) is 13.2. The lowest BCUT2D eigenvalue weighted by molar-refractivity contribution is 0.0513. The molecule has 3 heterocycles. The van der Waals surface area contributed by atoms with E-state index in [0.717, 1.165) is 25.2 Å². The maximum atomic E-state index is 12.8. The minimum atomic E-state index is -0.539. The van der Waals surface area contributed by atoms with Crippen LogP contribution < -0.4 is 10.3 Å². The van der Waals surface area contributed by atoms with E-state index in [2.05, 4.69) is 9.97 Å².